The minimum absolute atomic E-state index is 0.139. The lowest BCUT2D eigenvalue weighted by Crippen LogP contribution is -2.28. The number of fused-ring (bicyclic) bond motifs is 5. The van der Waals surface area contributed by atoms with Crippen LogP contribution in [-0.2, 0) is 22.6 Å². The van der Waals surface area contributed by atoms with Crippen LogP contribution in [0.5, 0.6) is 11.5 Å². The standard InChI is InChI=1S/C27H25FN2O4/c1-3-5-20-10-17(12-22(33-2)25(20)34-15-16-6-4-7-21(28)11-16)14-29-30-26(31)23-18-8-9-19(13-18)24(23)27(30)32/h3-4,6-12,14,18-19,23-24H,1,5,13,15H2,2H3. The van der Waals surface area contributed by atoms with Crippen LogP contribution >= 0.6 is 0 Å². The Kier molecular flexibility index (Phi) is 5.77. The van der Waals surface area contributed by atoms with Gasteiger partial charge in [0.25, 0.3) is 11.8 Å². The van der Waals surface area contributed by atoms with E-state index in [4.69, 9.17) is 9.47 Å². The van der Waals surface area contributed by atoms with Crippen LogP contribution in [0.25, 0.3) is 0 Å². The molecule has 7 heteroatoms. The van der Waals surface area contributed by atoms with Crippen molar-refractivity contribution in [3.05, 3.63) is 83.7 Å². The fourth-order valence-electron chi connectivity index (χ4n) is 5.29. The van der Waals surface area contributed by atoms with Gasteiger partial charge in [-0.25, -0.2) is 4.39 Å². The summed E-state index contributed by atoms with van der Waals surface area (Å²) >= 11 is 0. The molecular weight excluding hydrogens is 435 g/mol. The van der Waals surface area contributed by atoms with Crippen LogP contribution in [0.15, 0.2) is 66.3 Å². The van der Waals surface area contributed by atoms with E-state index in [1.807, 2.05) is 6.07 Å². The molecule has 2 bridgehead atoms. The first kappa shape index (κ1) is 22.1. The van der Waals surface area contributed by atoms with Crippen molar-refractivity contribution in [2.75, 3.05) is 7.11 Å². The number of hydrazone groups is 1. The molecule has 6 nitrogen and oxygen atoms in total. The van der Waals surface area contributed by atoms with Gasteiger partial charge in [0.2, 0.25) is 0 Å². The van der Waals surface area contributed by atoms with Gasteiger partial charge in [-0.3, -0.25) is 9.59 Å². The van der Waals surface area contributed by atoms with Crippen molar-refractivity contribution in [1.82, 2.24) is 5.01 Å². The maximum Gasteiger partial charge on any atom is 0.254 e. The SMILES string of the molecule is C=CCc1cc(C=NN2C(=O)C3C4C=CC(C4)C3C2=O)cc(OC)c1OCc1cccc(F)c1. The first-order valence-electron chi connectivity index (χ1n) is 11.3. The Morgan fingerprint density at radius 3 is 2.53 bits per heavy atom. The van der Waals surface area contributed by atoms with E-state index in [-0.39, 0.29) is 47.9 Å². The molecule has 2 aliphatic carbocycles. The van der Waals surface area contributed by atoms with E-state index in [0.29, 0.717) is 29.0 Å². The van der Waals surface area contributed by atoms with Gasteiger partial charge < -0.3 is 9.47 Å². The third-order valence-electron chi connectivity index (χ3n) is 6.78. The topological polar surface area (TPSA) is 68.2 Å². The Bertz CT molecular complexity index is 1190. The van der Waals surface area contributed by atoms with E-state index >= 15 is 0 Å². The smallest absolute Gasteiger partial charge is 0.254 e. The lowest BCUT2D eigenvalue weighted by atomic mass is 9.85. The van der Waals surface area contributed by atoms with Gasteiger partial charge in [0.1, 0.15) is 12.4 Å². The van der Waals surface area contributed by atoms with E-state index in [2.05, 4.69) is 23.8 Å². The van der Waals surface area contributed by atoms with Gasteiger partial charge in [-0.05, 0) is 60.1 Å². The molecule has 4 unspecified atom stereocenters. The minimum Gasteiger partial charge on any atom is -0.493 e. The van der Waals surface area contributed by atoms with Crippen molar-refractivity contribution in [3.8, 4) is 11.5 Å². The number of nitrogens with zero attached hydrogens (tertiary/aromatic N) is 2. The Hall–Kier alpha value is -3.74. The normalized spacial score (nSPS) is 24.8. The summed E-state index contributed by atoms with van der Waals surface area (Å²) < 4.78 is 25.1. The maximum atomic E-state index is 13.5. The summed E-state index contributed by atoms with van der Waals surface area (Å²) in [5.74, 6) is -0.0865. The summed E-state index contributed by atoms with van der Waals surface area (Å²) in [7, 11) is 1.53. The molecule has 2 fully saturated rings. The van der Waals surface area contributed by atoms with Crippen molar-refractivity contribution < 1.29 is 23.5 Å². The van der Waals surface area contributed by atoms with Crippen LogP contribution in [0, 0.1) is 29.5 Å². The number of rotatable bonds is 8. The molecule has 0 N–H and O–H groups in total. The highest BCUT2D eigenvalue weighted by atomic mass is 19.1. The molecular formula is C27H25FN2O4. The van der Waals surface area contributed by atoms with Crippen LogP contribution in [-0.4, -0.2) is 30.1 Å². The van der Waals surface area contributed by atoms with Gasteiger partial charge in [0, 0.05) is 5.56 Å². The van der Waals surface area contributed by atoms with Crippen molar-refractivity contribution in [2.45, 2.75) is 19.4 Å². The van der Waals surface area contributed by atoms with E-state index in [9.17, 15) is 14.0 Å². The molecule has 3 aliphatic rings. The quantitative estimate of drug-likeness (QED) is 0.335. The zero-order valence-electron chi connectivity index (χ0n) is 18.8. The van der Waals surface area contributed by atoms with E-state index in [1.165, 1.54) is 25.5 Å². The van der Waals surface area contributed by atoms with E-state index in [1.54, 1.807) is 24.3 Å². The highest BCUT2D eigenvalue weighted by Crippen LogP contribution is 2.52. The molecule has 1 saturated carbocycles. The van der Waals surface area contributed by atoms with Crippen LogP contribution in [0.3, 0.4) is 0 Å². The predicted molar refractivity (Wildman–Crippen MR) is 125 cm³/mol. The molecule has 5 rings (SSSR count). The van der Waals surface area contributed by atoms with Gasteiger partial charge in [0.05, 0.1) is 25.2 Å². The number of amides is 2. The summed E-state index contributed by atoms with van der Waals surface area (Å²) in [5.41, 5.74) is 2.15. The maximum absolute atomic E-state index is 13.5. The van der Waals surface area contributed by atoms with Crippen molar-refractivity contribution >= 4 is 18.0 Å². The summed E-state index contributed by atoms with van der Waals surface area (Å²) in [5, 5.41) is 5.29. The number of allylic oxidation sites excluding steroid dienone is 3. The molecule has 1 heterocycles. The molecule has 2 aromatic rings. The van der Waals surface area contributed by atoms with Crippen LogP contribution < -0.4 is 9.47 Å². The summed E-state index contributed by atoms with van der Waals surface area (Å²) in [4.78, 5) is 25.7. The average Bonchev–Trinajstić information content (AvgIpc) is 3.51. The molecule has 34 heavy (non-hydrogen) atoms. The fraction of sp³-hybridized carbons (Fsp3) is 0.296. The van der Waals surface area contributed by atoms with Crippen molar-refractivity contribution in [2.24, 2.45) is 28.8 Å². The monoisotopic (exact) mass is 460 g/mol. The number of halogens is 1. The van der Waals surface area contributed by atoms with Crippen LogP contribution in [0.2, 0.25) is 0 Å². The minimum atomic E-state index is -0.329. The number of methoxy groups -OCH3 is 1. The molecule has 4 atom stereocenters. The lowest BCUT2D eigenvalue weighted by Gasteiger charge is -2.16. The second kappa shape index (κ2) is 8.89. The van der Waals surface area contributed by atoms with Crippen molar-refractivity contribution in [1.29, 1.82) is 0 Å². The number of hydrogen-bond donors (Lipinski definition) is 0. The van der Waals surface area contributed by atoms with Crippen LogP contribution in [0.4, 0.5) is 4.39 Å². The highest BCUT2D eigenvalue weighted by Gasteiger charge is 2.59. The number of imide groups is 1. The summed E-state index contributed by atoms with van der Waals surface area (Å²) in [6.07, 6.45) is 8.72. The Labute approximate surface area is 197 Å². The van der Waals surface area contributed by atoms with Gasteiger partial charge >= 0.3 is 0 Å². The molecule has 174 valence electrons. The number of carbonyl (C=O) groups is 2. The number of ether oxygens (including phenoxy) is 2. The van der Waals surface area contributed by atoms with Gasteiger partial charge in [-0.15, -0.1) is 6.58 Å². The highest BCUT2D eigenvalue weighted by molar-refractivity contribution is 6.06. The molecule has 2 aromatic carbocycles. The third-order valence-corrected chi connectivity index (χ3v) is 6.78. The second-order valence-corrected chi connectivity index (χ2v) is 8.86. The Morgan fingerprint density at radius 2 is 1.88 bits per heavy atom. The summed E-state index contributed by atoms with van der Waals surface area (Å²) in [6, 6.07) is 9.80. The summed E-state index contributed by atoms with van der Waals surface area (Å²) in [6.45, 7) is 3.98. The third kappa shape index (κ3) is 3.81. The fourth-order valence-corrected chi connectivity index (χ4v) is 5.29. The first-order valence-corrected chi connectivity index (χ1v) is 11.3. The van der Waals surface area contributed by atoms with Crippen molar-refractivity contribution in [3.63, 3.8) is 0 Å². The molecule has 1 saturated heterocycles. The number of hydrogen-bond acceptors (Lipinski definition) is 5. The molecule has 2 amide bonds. The van der Waals surface area contributed by atoms with E-state index in [0.717, 1.165) is 17.0 Å². The number of benzene rings is 2. The lowest BCUT2D eigenvalue weighted by molar-refractivity contribution is -0.140. The largest absolute Gasteiger partial charge is 0.493 e. The molecule has 0 spiro atoms. The average molecular weight is 461 g/mol. The molecule has 0 aromatic heterocycles. The predicted octanol–water partition coefficient (Wildman–Crippen LogP) is 4.28. The molecule has 0 radical (unpaired) electrons. The Balaban J connectivity index is 1.38. The Morgan fingerprint density at radius 1 is 1.15 bits per heavy atom. The van der Waals surface area contributed by atoms with Crippen LogP contribution in [0.1, 0.15) is 23.1 Å². The zero-order valence-corrected chi connectivity index (χ0v) is 18.8. The van der Waals surface area contributed by atoms with Gasteiger partial charge in [-0.1, -0.05) is 30.4 Å². The number of carbonyl (C=O) groups excluding carboxylic acids is 2. The van der Waals surface area contributed by atoms with Gasteiger partial charge in [-0.2, -0.15) is 10.1 Å². The van der Waals surface area contributed by atoms with E-state index < -0.39 is 0 Å². The van der Waals surface area contributed by atoms with Gasteiger partial charge in [0.15, 0.2) is 11.5 Å². The zero-order chi connectivity index (χ0) is 23.8. The first-order chi connectivity index (χ1) is 16.5. The molecule has 1 aliphatic heterocycles. The second-order valence-electron chi connectivity index (χ2n) is 8.86.